The number of hydrogen-bond acceptors (Lipinski definition) is 4. The molecule has 6 nitrogen and oxygen atoms in total. The van der Waals surface area contributed by atoms with Crippen LogP contribution < -0.4 is 11.1 Å². The lowest BCUT2D eigenvalue weighted by Crippen LogP contribution is -2.29. The molecule has 0 heterocycles. The first-order chi connectivity index (χ1) is 10.2. The lowest BCUT2D eigenvalue weighted by Gasteiger charge is -2.07. The maximum atomic E-state index is 11.9. The lowest BCUT2D eigenvalue weighted by atomic mass is 10.1. The number of amides is 2. The molecule has 22 heavy (non-hydrogen) atoms. The second-order valence-corrected chi connectivity index (χ2v) is 7.28. The van der Waals surface area contributed by atoms with Gasteiger partial charge in [0.15, 0.2) is 0 Å². The molecule has 1 fully saturated rings. The molecule has 1 atom stereocenters. The predicted octanol–water partition coefficient (Wildman–Crippen LogP) is 1.51. The molecule has 2 amide bonds. The van der Waals surface area contributed by atoms with Crippen LogP contribution in [0.1, 0.15) is 39.5 Å². The molecule has 1 saturated carbocycles. The fourth-order valence-corrected chi connectivity index (χ4v) is 2.85. The van der Waals surface area contributed by atoms with Crippen molar-refractivity contribution in [2.24, 2.45) is 17.1 Å². The first-order valence-corrected chi connectivity index (χ1v) is 8.50. The van der Waals surface area contributed by atoms with Crippen LogP contribution in [0.15, 0.2) is 11.8 Å². The number of unbranched alkanes of at least 4 members (excludes halogenated alkanes) is 2. The molecule has 1 unspecified atom stereocenters. The van der Waals surface area contributed by atoms with Crippen molar-refractivity contribution in [1.82, 2.24) is 5.32 Å². The maximum Gasteiger partial charge on any atom is 0.352 e. The summed E-state index contributed by atoms with van der Waals surface area (Å²) in [5.74, 6) is -0.638. The van der Waals surface area contributed by atoms with E-state index in [1.165, 1.54) is 11.8 Å². The van der Waals surface area contributed by atoms with Crippen LogP contribution in [0.4, 0.5) is 0 Å². The largest absolute Gasteiger partial charge is 0.477 e. The Morgan fingerprint density at radius 3 is 2.50 bits per heavy atom. The molecule has 0 saturated heterocycles. The monoisotopic (exact) mass is 328 g/mol. The van der Waals surface area contributed by atoms with E-state index in [0.29, 0.717) is 12.2 Å². The first kappa shape index (κ1) is 18.5. The normalized spacial score (nSPS) is 19.5. The van der Waals surface area contributed by atoms with Crippen LogP contribution in [-0.2, 0) is 14.4 Å². The third-order valence-electron chi connectivity index (χ3n) is 3.65. The zero-order valence-electron chi connectivity index (χ0n) is 13.1. The van der Waals surface area contributed by atoms with Crippen LogP contribution >= 0.6 is 11.8 Å². The minimum Gasteiger partial charge on any atom is -0.477 e. The molecule has 1 rings (SSSR count). The Balaban J connectivity index is 2.29. The fourth-order valence-electron chi connectivity index (χ4n) is 2.09. The van der Waals surface area contributed by atoms with Crippen molar-refractivity contribution in [3.63, 3.8) is 0 Å². The number of aliphatic carboxylic acids is 1. The van der Waals surface area contributed by atoms with E-state index in [-0.39, 0.29) is 28.8 Å². The van der Waals surface area contributed by atoms with Crippen molar-refractivity contribution >= 4 is 29.5 Å². The fraction of sp³-hybridized carbons (Fsp3) is 0.667. The van der Waals surface area contributed by atoms with Gasteiger partial charge in [-0.1, -0.05) is 19.9 Å². The molecule has 0 spiro atoms. The average Bonchev–Trinajstić information content (AvgIpc) is 3.04. The Hall–Kier alpha value is -1.50. The van der Waals surface area contributed by atoms with Crippen LogP contribution in [0.25, 0.3) is 0 Å². The van der Waals surface area contributed by atoms with Gasteiger partial charge in [-0.15, -0.1) is 0 Å². The van der Waals surface area contributed by atoms with Crippen molar-refractivity contribution in [2.75, 3.05) is 11.5 Å². The summed E-state index contributed by atoms with van der Waals surface area (Å²) in [5, 5.41) is 11.6. The van der Waals surface area contributed by atoms with E-state index in [1.807, 2.05) is 13.8 Å². The summed E-state index contributed by atoms with van der Waals surface area (Å²) in [5.41, 5.74) is 4.96. The number of primary amides is 1. The number of nitrogens with one attached hydrogen (secondary N) is 1. The van der Waals surface area contributed by atoms with Gasteiger partial charge < -0.3 is 16.2 Å². The number of carbonyl (C=O) groups excluding carboxylic acids is 2. The summed E-state index contributed by atoms with van der Waals surface area (Å²) in [6.45, 7) is 3.98. The molecule has 124 valence electrons. The summed E-state index contributed by atoms with van der Waals surface area (Å²) in [7, 11) is 0. The van der Waals surface area contributed by atoms with Gasteiger partial charge >= 0.3 is 5.97 Å². The van der Waals surface area contributed by atoms with Crippen LogP contribution in [0, 0.1) is 11.3 Å². The van der Waals surface area contributed by atoms with E-state index in [9.17, 15) is 14.4 Å². The van der Waals surface area contributed by atoms with E-state index in [2.05, 4.69) is 5.32 Å². The van der Waals surface area contributed by atoms with E-state index < -0.39 is 5.97 Å². The molecule has 7 heteroatoms. The van der Waals surface area contributed by atoms with Crippen LogP contribution in [0.5, 0.6) is 0 Å². The average molecular weight is 328 g/mol. The number of rotatable bonds is 10. The van der Waals surface area contributed by atoms with E-state index in [1.54, 1.807) is 6.08 Å². The van der Waals surface area contributed by atoms with Crippen molar-refractivity contribution < 1.29 is 19.5 Å². The number of carboxylic acids is 1. The Morgan fingerprint density at radius 1 is 1.36 bits per heavy atom. The van der Waals surface area contributed by atoms with Crippen LogP contribution in [0.3, 0.4) is 0 Å². The number of allylic oxidation sites excluding steroid dienone is 1. The minimum atomic E-state index is -1.12. The number of thioether (sulfide) groups is 1. The highest BCUT2D eigenvalue weighted by atomic mass is 32.2. The van der Waals surface area contributed by atoms with E-state index >= 15 is 0 Å². The van der Waals surface area contributed by atoms with Gasteiger partial charge in [0.1, 0.15) is 5.70 Å². The van der Waals surface area contributed by atoms with E-state index in [4.69, 9.17) is 10.8 Å². The van der Waals surface area contributed by atoms with Gasteiger partial charge in [0.2, 0.25) is 11.8 Å². The summed E-state index contributed by atoms with van der Waals surface area (Å²) >= 11 is 1.47. The van der Waals surface area contributed by atoms with Crippen molar-refractivity contribution in [2.45, 2.75) is 39.5 Å². The first-order valence-electron chi connectivity index (χ1n) is 7.34. The lowest BCUT2D eigenvalue weighted by molar-refractivity contribution is -0.135. The second-order valence-electron chi connectivity index (χ2n) is 6.17. The smallest absolute Gasteiger partial charge is 0.352 e. The van der Waals surface area contributed by atoms with Crippen molar-refractivity contribution in [3.8, 4) is 0 Å². The predicted molar refractivity (Wildman–Crippen MR) is 86.1 cm³/mol. The molecule has 0 aliphatic heterocycles. The molecule has 0 aromatic heterocycles. The Bertz CT molecular complexity index is 474. The topological polar surface area (TPSA) is 109 Å². The molecule has 0 radical (unpaired) electrons. The molecular formula is C15H24N2O4S. The van der Waals surface area contributed by atoms with Gasteiger partial charge in [-0.3, -0.25) is 9.59 Å². The number of nitrogens with two attached hydrogens (primary N) is 1. The standard InChI is InChI=1S/C15H24N2O4S/c1-15(2)8-10(15)13(19)17-11(14(20)21)6-4-3-5-7-22-9-12(16)18/h6,10H,3-5,7-9H2,1-2H3,(H2,16,18)(H,17,19)(H,20,21)/b11-6-. The van der Waals surface area contributed by atoms with Crippen molar-refractivity contribution in [1.29, 1.82) is 0 Å². The molecule has 0 bridgehead atoms. The van der Waals surface area contributed by atoms with Crippen molar-refractivity contribution in [3.05, 3.63) is 11.8 Å². The summed E-state index contributed by atoms with van der Waals surface area (Å²) in [6, 6.07) is 0. The zero-order valence-corrected chi connectivity index (χ0v) is 13.9. The Kier molecular flexibility index (Phi) is 6.93. The molecule has 4 N–H and O–H groups in total. The Morgan fingerprint density at radius 2 is 2.00 bits per heavy atom. The highest BCUT2D eigenvalue weighted by Crippen LogP contribution is 2.51. The second kappa shape index (κ2) is 8.22. The zero-order chi connectivity index (χ0) is 16.8. The number of carbonyl (C=O) groups is 3. The third-order valence-corrected chi connectivity index (χ3v) is 4.72. The highest BCUT2D eigenvalue weighted by Gasteiger charge is 2.50. The van der Waals surface area contributed by atoms with Gasteiger partial charge in [0.05, 0.1) is 5.75 Å². The highest BCUT2D eigenvalue weighted by molar-refractivity contribution is 7.99. The summed E-state index contributed by atoms with van der Waals surface area (Å²) in [4.78, 5) is 33.6. The molecule has 1 aliphatic carbocycles. The van der Waals surface area contributed by atoms with Gasteiger partial charge in [-0.2, -0.15) is 11.8 Å². The van der Waals surface area contributed by atoms with Gasteiger partial charge in [-0.05, 0) is 36.9 Å². The van der Waals surface area contributed by atoms with Crippen LogP contribution in [-0.4, -0.2) is 34.4 Å². The van der Waals surface area contributed by atoms with Gasteiger partial charge in [0, 0.05) is 5.92 Å². The van der Waals surface area contributed by atoms with Crippen LogP contribution in [0.2, 0.25) is 0 Å². The minimum absolute atomic E-state index is 0.0225. The Labute approximate surface area is 134 Å². The quantitative estimate of drug-likeness (QED) is 0.416. The summed E-state index contributed by atoms with van der Waals surface area (Å²) in [6.07, 6.45) is 4.59. The molecule has 0 aromatic carbocycles. The van der Waals surface area contributed by atoms with Gasteiger partial charge in [-0.25, -0.2) is 4.79 Å². The number of carboxylic acid groups (broad SMARTS) is 1. The third kappa shape index (κ3) is 6.51. The van der Waals surface area contributed by atoms with Gasteiger partial charge in [0.25, 0.3) is 0 Å². The molecule has 1 aliphatic rings. The number of hydrogen-bond donors (Lipinski definition) is 3. The SMILES string of the molecule is CC1(C)CC1C(=O)N/C(=C\CCCCSCC(N)=O)C(=O)O. The summed E-state index contributed by atoms with van der Waals surface area (Å²) < 4.78 is 0. The molecular weight excluding hydrogens is 304 g/mol. The maximum absolute atomic E-state index is 11.9. The van der Waals surface area contributed by atoms with E-state index in [0.717, 1.165) is 25.0 Å². The molecule has 0 aromatic rings.